The van der Waals surface area contributed by atoms with Gasteiger partial charge in [0.15, 0.2) is 5.60 Å². The van der Waals surface area contributed by atoms with Crippen molar-refractivity contribution in [1.29, 1.82) is 0 Å². The normalized spacial score (nSPS) is 22.8. The lowest BCUT2D eigenvalue weighted by Crippen LogP contribution is -2.48. The highest BCUT2D eigenvalue weighted by Crippen LogP contribution is 2.68. The van der Waals surface area contributed by atoms with Gasteiger partial charge in [-0.15, -0.1) is 0 Å². The van der Waals surface area contributed by atoms with Gasteiger partial charge in [-0.3, -0.25) is 4.98 Å². The van der Waals surface area contributed by atoms with Gasteiger partial charge < -0.3 is 24.2 Å². The summed E-state index contributed by atoms with van der Waals surface area (Å²) in [6.45, 7) is 5.68. The molecule has 6 rings (SSSR count). The van der Waals surface area contributed by atoms with Crippen molar-refractivity contribution < 1.29 is 19.3 Å². The van der Waals surface area contributed by atoms with E-state index in [-0.39, 0.29) is 5.92 Å². The quantitative estimate of drug-likeness (QED) is 0.261. The summed E-state index contributed by atoms with van der Waals surface area (Å²) < 4.78 is 19.0. The Morgan fingerprint density at radius 2 is 1.68 bits per heavy atom. The first-order chi connectivity index (χ1) is 19.5. The lowest BCUT2D eigenvalue weighted by atomic mass is 9.71. The summed E-state index contributed by atoms with van der Waals surface area (Å²) in [5, 5.41) is 12.8. The average Bonchev–Trinajstić information content (AvgIpc) is 3.41. The van der Waals surface area contributed by atoms with E-state index in [0.29, 0.717) is 36.9 Å². The third-order valence-electron chi connectivity index (χ3n) is 8.34. The van der Waals surface area contributed by atoms with Crippen LogP contribution in [-0.2, 0) is 17.7 Å². The lowest BCUT2D eigenvalue weighted by Gasteiger charge is -2.40. The van der Waals surface area contributed by atoms with E-state index in [1.807, 2.05) is 56.6 Å². The SMILES string of the molecule is CCOc1cc(OCC)c2c(c1)O[C@@]1(c3ccc(N(C)Cc4ccncc4)cc3)[C@H](c3ccccc3)CC[C@@]21O. The number of hydrogen-bond donors (Lipinski definition) is 1. The maximum atomic E-state index is 12.8. The number of aromatic nitrogens is 1. The first kappa shape index (κ1) is 26.2. The van der Waals surface area contributed by atoms with Crippen LogP contribution in [0.3, 0.4) is 0 Å². The van der Waals surface area contributed by atoms with Gasteiger partial charge in [-0.25, -0.2) is 0 Å². The van der Waals surface area contributed by atoms with E-state index in [0.717, 1.165) is 35.3 Å². The number of anilines is 1. The molecule has 3 atom stereocenters. The van der Waals surface area contributed by atoms with Gasteiger partial charge in [0.1, 0.15) is 22.8 Å². The third kappa shape index (κ3) is 4.18. The second kappa shape index (κ2) is 10.5. The van der Waals surface area contributed by atoms with Gasteiger partial charge in [0.2, 0.25) is 0 Å². The Hall–Kier alpha value is -4.03. The van der Waals surface area contributed by atoms with Crippen LogP contribution >= 0.6 is 0 Å². The monoisotopic (exact) mass is 536 g/mol. The molecule has 40 heavy (non-hydrogen) atoms. The van der Waals surface area contributed by atoms with Gasteiger partial charge in [-0.1, -0.05) is 42.5 Å². The van der Waals surface area contributed by atoms with Crippen LogP contribution in [0.25, 0.3) is 0 Å². The lowest BCUT2D eigenvalue weighted by molar-refractivity contribution is -0.106. The minimum Gasteiger partial charge on any atom is -0.494 e. The van der Waals surface area contributed by atoms with Crippen LogP contribution in [0.1, 0.15) is 54.9 Å². The van der Waals surface area contributed by atoms with Crippen LogP contribution in [-0.4, -0.2) is 30.4 Å². The van der Waals surface area contributed by atoms with Crippen LogP contribution < -0.4 is 19.1 Å². The molecule has 1 fully saturated rings. The summed E-state index contributed by atoms with van der Waals surface area (Å²) >= 11 is 0. The third-order valence-corrected chi connectivity index (χ3v) is 8.34. The number of pyridine rings is 1. The molecule has 0 spiro atoms. The molecule has 6 heteroatoms. The fourth-order valence-electron chi connectivity index (χ4n) is 6.65. The largest absolute Gasteiger partial charge is 0.494 e. The molecule has 206 valence electrons. The number of fused-ring (bicyclic) bond motifs is 3. The Bertz CT molecular complexity index is 1460. The van der Waals surface area contributed by atoms with Crippen molar-refractivity contribution in [1.82, 2.24) is 4.98 Å². The van der Waals surface area contributed by atoms with Crippen LogP contribution in [0.4, 0.5) is 5.69 Å². The van der Waals surface area contributed by atoms with E-state index in [1.165, 1.54) is 5.56 Å². The van der Waals surface area contributed by atoms with E-state index < -0.39 is 11.2 Å². The molecule has 1 aliphatic heterocycles. The fraction of sp³-hybridized carbons (Fsp3) is 0.324. The highest BCUT2D eigenvalue weighted by Gasteiger charge is 2.69. The van der Waals surface area contributed by atoms with Crippen molar-refractivity contribution in [3.8, 4) is 17.2 Å². The second-order valence-corrected chi connectivity index (χ2v) is 10.6. The van der Waals surface area contributed by atoms with Crippen molar-refractivity contribution in [3.05, 3.63) is 114 Å². The standard InChI is InChI=1S/C34H36N2O4/c1-4-38-28-21-30(39-5-2)32-31(22-28)40-34(29(15-18-33(32,34)37)25-9-7-6-8-10-25)26-11-13-27(14-12-26)36(3)23-24-16-19-35-20-17-24/h6-14,16-17,19-22,29,37H,4-5,15,18,23H2,1-3H3/t29-,33+,34-/m0/s1. The maximum Gasteiger partial charge on any atom is 0.174 e. The zero-order chi connectivity index (χ0) is 27.7. The number of rotatable bonds is 9. The van der Waals surface area contributed by atoms with E-state index in [4.69, 9.17) is 14.2 Å². The van der Waals surface area contributed by atoms with Gasteiger partial charge >= 0.3 is 0 Å². The van der Waals surface area contributed by atoms with Gasteiger partial charge in [0.25, 0.3) is 0 Å². The predicted octanol–water partition coefficient (Wildman–Crippen LogP) is 6.57. The van der Waals surface area contributed by atoms with Crippen molar-refractivity contribution in [2.45, 2.75) is 50.4 Å². The van der Waals surface area contributed by atoms with Crippen molar-refractivity contribution in [3.63, 3.8) is 0 Å². The molecule has 6 nitrogen and oxygen atoms in total. The van der Waals surface area contributed by atoms with Crippen LogP contribution in [0.5, 0.6) is 17.2 Å². The number of nitrogens with zero attached hydrogens (tertiary/aromatic N) is 2. The van der Waals surface area contributed by atoms with Crippen molar-refractivity contribution >= 4 is 5.69 Å². The smallest absolute Gasteiger partial charge is 0.174 e. The van der Waals surface area contributed by atoms with Gasteiger partial charge in [0, 0.05) is 49.7 Å². The fourth-order valence-corrected chi connectivity index (χ4v) is 6.65. The molecule has 2 heterocycles. The molecule has 1 aromatic heterocycles. The van der Waals surface area contributed by atoms with E-state index in [1.54, 1.807) is 0 Å². The first-order valence-corrected chi connectivity index (χ1v) is 14.1. The number of hydrogen-bond acceptors (Lipinski definition) is 6. The van der Waals surface area contributed by atoms with Crippen LogP contribution in [0.15, 0.2) is 91.3 Å². The second-order valence-electron chi connectivity index (χ2n) is 10.6. The van der Waals surface area contributed by atoms with Gasteiger partial charge in [0.05, 0.1) is 18.8 Å². The molecule has 0 amide bonds. The molecule has 4 aromatic rings. The molecule has 0 radical (unpaired) electrons. The van der Waals surface area contributed by atoms with Crippen LogP contribution in [0, 0.1) is 0 Å². The van der Waals surface area contributed by atoms with E-state index >= 15 is 0 Å². The topological polar surface area (TPSA) is 64.0 Å². The molecule has 1 saturated carbocycles. The maximum absolute atomic E-state index is 12.8. The predicted molar refractivity (Wildman–Crippen MR) is 156 cm³/mol. The molecular weight excluding hydrogens is 500 g/mol. The summed E-state index contributed by atoms with van der Waals surface area (Å²) in [6, 6.07) is 26.7. The average molecular weight is 537 g/mol. The summed E-state index contributed by atoms with van der Waals surface area (Å²) in [5.41, 5.74) is 2.79. The van der Waals surface area contributed by atoms with Crippen LogP contribution in [0.2, 0.25) is 0 Å². The molecule has 2 aliphatic rings. The number of ether oxygens (including phenoxy) is 3. The van der Waals surface area contributed by atoms with Gasteiger partial charge in [-0.2, -0.15) is 0 Å². The Morgan fingerprint density at radius 1 is 0.950 bits per heavy atom. The minimum absolute atomic E-state index is 0.0588. The van der Waals surface area contributed by atoms with E-state index in [2.05, 4.69) is 65.5 Å². The molecule has 0 unspecified atom stereocenters. The molecule has 3 aromatic carbocycles. The first-order valence-electron chi connectivity index (χ1n) is 14.1. The molecular formula is C34H36N2O4. The molecule has 1 aliphatic carbocycles. The molecule has 0 saturated heterocycles. The number of benzene rings is 3. The highest BCUT2D eigenvalue weighted by atomic mass is 16.5. The molecule has 1 N–H and O–H groups in total. The highest BCUT2D eigenvalue weighted by molar-refractivity contribution is 5.62. The van der Waals surface area contributed by atoms with Crippen molar-refractivity contribution in [2.75, 3.05) is 25.2 Å². The Morgan fingerprint density at radius 3 is 2.38 bits per heavy atom. The zero-order valence-electron chi connectivity index (χ0n) is 23.3. The Balaban J connectivity index is 1.46. The summed E-state index contributed by atoms with van der Waals surface area (Å²) in [5.74, 6) is 1.86. The Kier molecular flexibility index (Phi) is 6.88. The summed E-state index contributed by atoms with van der Waals surface area (Å²) in [4.78, 5) is 6.33. The minimum atomic E-state index is -1.28. The number of aliphatic hydroxyl groups is 1. The summed E-state index contributed by atoms with van der Waals surface area (Å²) in [6.07, 6.45) is 4.97. The van der Waals surface area contributed by atoms with Crippen molar-refractivity contribution in [2.24, 2.45) is 0 Å². The summed E-state index contributed by atoms with van der Waals surface area (Å²) in [7, 11) is 2.08. The molecule has 0 bridgehead atoms. The van der Waals surface area contributed by atoms with E-state index in [9.17, 15) is 5.11 Å². The van der Waals surface area contributed by atoms with Gasteiger partial charge in [-0.05, 0) is 67.6 Å². The Labute approximate surface area is 236 Å². The zero-order valence-corrected chi connectivity index (χ0v) is 23.3.